The molecule has 7 nitrogen and oxygen atoms in total. The van der Waals surface area contributed by atoms with Gasteiger partial charge in [-0.3, -0.25) is 9.69 Å². The average Bonchev–Trinajstić information content (AvgIpc) is 2.44. The molecule has 3 rings (SSSR count). The molecule has 2 aliphatic rings. The highest BCUT2D eigenvalue weighted by molar-refractivity contribution is 5.87. The number of nitrogens with one attached hydrogen (secondary N) is 1. The maximum Gasteiger partial charge on any atom is 0.240 e. The molecule has 7 heteroatoms. The normalized spacial score (nSPS) is 22.4. The Balaban J connectivity index is 1.76. The highest BCUT2D eigenvalue weighted by atomic mass is 16.2. The number of piperidine rings is 1. The maximum atomic E-state index is 12.3. The quantitative estimate of drug-likeness (QED) is 0.743. The number of nitrogens with two attached hydrogens (primary N) is 1. The molecule has 1 spiro atoms. The zero-order valence-corrected chi connectivity index (χ0v) is 12.6. The monoisotopic (exact) mass is 290 g/mol. The number of nitrogens with zero attached hydrogens (tertiary/aromatic N) is 4. The van der Waals surface area contributed by atoms with Crippen LogP contribution in [0.15, 0.2) is 6.07 Å². The van der Waals surface area contributed by atoms with Crippen molar-refractivity contribution < 1.29 is 4.79 Å². The Morgan fingerprint density at radius 3 is 2.62 bits per heavy atom. The van der Waals surface area contributed by atoms with Gasteiger partial charge in [-0.15, -0.1) is 0 Å². The van der Waals surface area contributed by atoms with Crippen molar-refractivity contribution in [2.75, 3.05) is 43.9 Å². The van der Waals surface area contributed by atoms with Gasteiger partial charge in [-0.25, -0.2) is 4.98 Å². The number of aromatic nitrogens is 2. The molecule has 114 valence electrons. The third-order valence-electron chi connectivity index (χ3n) is 4.66. The second-order valence-corrected chi connectivity index (χ2v) is 5.92. The van der Waals surface area contributed by atoms with Crippen LogP contribution in [-0.4, -0.2) is 59.5 Å². The van der Waals surface area contributed by atoms with E-state index in [9.17, 15) is 4.79 Å². The van der Waals surface area contributed by atoms with E-state index in [1.165, 1.54) is 0 Å². The number of carbonyl (C=O) groups is 1. The first-order valence-electron chi connectivity index (χ1n) is 7.37. The van der Waals surface area contributed by atoms with E-state index in [1.807, 2.05) is 20.0 Å². The summed E-state index contributed by atoms with van der Waals surface area (Å²) >= 11 is 0. The topological polar surface area (TPSA) is 87.4 Å². The molecule has 2 fully saturated rings. The van der Waals surface area contributed by atoms with Gasteiger partial charge in [0, 0.05) is 37.9 Å². The number of nitrogen functional groups attached to an aromatic ring is 1. The summed E-state index contributed by atoms with van der Waals surface area (Å²) in [6.07, 6.45) is 1.61. The summed E-state index contributed by atoms with van der Waals surface area (Å²) in [7, 11) is 2.04. The van der Waals surface area contributed by atoms with Crippen LogP contribution in [0.3, 0.4) is 0 Å². The van der Waals surface area contributed by atoms with Crippen molar-refractivity contribution >= 4 is 17.7 Å². The van der Waals surface area contributed by atoms with E-state index in [1.54, 1.807) is 0 Å². The van der Waals surface area contributed by atoms with Crippen molar-refractivity contribution in [3.63, 3.8) is 0 Å². The predicted octanol–water partition coefficient (Wildman–Crippen LogP) is -0.232. The van der Waals surface area contributed by atoms with Gasteiger partial charge < -0.3 is 16.0 Å². The molecular formula is C14H22N6O. The van der Waals surface area contributed by atoms with Crippen LogP contribution in [0.2, 0.25) is 0 Å². The second kappa shape index (κ2) is 5.14. The van der Waals surface area contributed by atoms with E-state index in [0.29, 0.717) is 5.95 Å². The number of anilines is 2. The van der Waals surface area contributed by atoms with Gasteiger partial charge >= 0.3 is 0 Å². The minimum Gasteiger partial charge on any atom is -0.368 e. The molecule has 2 aliphatic heterocycles. The molecule has 0 aromatic carbocycles. The Morgan fingerprint density at radius 2 is 2.00 bits per heavy atom. The molecule has 3 heterocycles. The van der Waals surface area contributed by atoms with Crippen molar-refractivity contribution in [1.29, 1.82) is 0 Å². The zero-order chi connectivity index (χ0) is 15.0. The summed E-state index contributed by atoms with van der Waals surface area (Å²) in [5, 5.41) is 3.00. The van der Waals surface area contributed by atoms with E-state index in [2.05, 4.69) is 25.1 Å². The summed E-state index contributed by atoms with van der Waals surface area (Å²) in [4.78, 5) is 25.1. The summed E-state index contributed by atoms with van der Waals surface area (Å²) in [6.45, 7) is 5.16. The Labute approximate surface area is 124 Å². The van der Waals surface area contributed by atoms with Crippen LogP contribution in [0.4, 0.5) is 11.8 Å². The van der Waals surface area contributed by atoms with Crippen LogP contribution in [0.1, 0.15) is 18.5 Å². The van der Waals surface area contributed by atoms with E-state index >= 15 is 0 Å². The van der Waals surface area contributed by atoms with Crippen molar-refractivity contribution in [2.24, 2.45) is 0 Å². The predicted molar refractivity (Wildman–Crippen MR) is 81.0 cm³/mol. The van der Waals surface area contributed by atoms with E-state index < -0.39 is 0 Å². The summed E-state index contributed by atoms with van der Waals surface area (Å²) in [5.41, 5.74) is 6.23. The molecule has 21 heavy (non-hydrogen) atoms. The smallest absolute Gasteiger partial charge is 0.240 e. The molecule has 1 aromatic rings. The number of hydrogen-bond donors (Lipinski definition) is 2. The van der Waals surface area contributed by atoms with Gasteiger partial charge in [-0.1, -0.05) is 0 Å². The summed E-state index contributed by atoms with van der Waals surface area (Å²) in [6, 6.07) is 1.94. The van der Waals surface area contributed by atoms with Crippen molar-refractivity contribution in [3.8, 4) is 0 Å². The van der Waals surface area contributed by atoms with Crippen LogP contribution >= 0.6 is 0 Å². The highest BCUT2D eigenvalue weighted by Gasteiger charge is 2.46. The highest BCUT2D eigenvalue weighted by Crippen LogP contribution is 2.31. The van der Waals surface area contributed by atoms with Gasteiger partial charge in [0.25, 0.3) is 0 Å². The average molecular weight is 290 g/mol. The standard InChI is InChI=1S/C14H22N6O/c1-10-9-11(18-13(15)17-10)20-6-3-14(4-7-20)12(21)16-5-8-19(14)2/h9H,3-8H2,1-2H3,(H,16,21)(H2,15,17,18). The lowest BCUT2D eigenvalue weighted by molar-refractivity contribution is -0.137. The SMILES string of the molecule is Cc1cc(N2CCC3(CC2)C(=O)NCCN3C)nc(N)n1. The van der Waals surface area contributed by atoms with Gasteiger partial charge in [-0.2, -0.15) is 4.98 Å². The molecule has 0 aliphatic carbocycles. The van der Waals surface area contributed by atoms with Gasteiger partial charge in [0.2, 0.25) is 11.9 Å². The molecule has 1 aromatic heterocycles. The fraction of sp³-hybridized carbons (Fsp3) is 0.643. The molecule has 0 atom stereocenters. The molecule has 0 unspecified atom stereocenters. The Kier molecular flexibility index (Phi) is 3.44. The molecule has 1 amide bonds. The lowest BCUT2D eigenvalue weighted by Gasteiger charge is -2.48. The zero-order valence-electron chi connectivity index (χ0n) is 12.6. The number of aryl methyl sites for hydroxylation is 1. The minimum atomic E-state index is -0.359. The largest absolute Gasteiger partial charge is 0.368 e. The Bertz CT molecular complexity index is 532. The van der Waals surface area contributed by atoms with Crippen LogP contribution in [-0.2, 0) is 4.79 Å². The van der Waals surface area contributed by atoms with Gasteiger partial charge in [-0.05, 0) is 26.8 Å². The Hall–Kier alpha value is -1.89. The molecule has 0 bridgehead atoms. The van der Waals surface area contributed by atoms with E-state index in [-0.39, 0.29) is 11.4 Å². The first kappa shape index (κ1) is 14.1. The molecule has 3 N–H and O–H groups in total. The third-order valence-corrected chi connectivity index (χ3v) is 4.66. The Morgan fingerprint density at radius 1 is 1.29 bits per heavy atom. The van der Waals surface area contributed by atoms with Gasteiger partial charge in [0.05, 0.1) is 0 Å². The number of piperazine rings is 1. The maximum absolute atomic E-state index is 12.3. The molecule has 0 saturated carbocycles. The third kappa shape index (κ3) is 2.42. The first-order chi connectivity index (χ1) is 10.0. The number of hydrogen-bond acceptors (Lipinski definition) is 6. The minimum absolute atomic E-state index is 0.161. The fourth-order valence-corrected chi connectivity index (χ4v) is 3.34. The van der Waals surface area contributed by atoms with Crippen LogP contribution in [0, 0.1) is 6.92 Å². The van der Waals surface area contributed by atoms with Crippen LogP contribution in [0.25, 0.3) is 0 Å². The van der Waals surface area contributed by atoms with Gasteiger partial charge in [0.1, 0.15) is 11.4 Å². The van der Waals surface area contributed by atoms with E-state index in [0.717, 1.165) is 50.5 Å². The summed E-state index contributed by atoms with van der Waals surface area (Å²) < 4.78 is 0. The lowest BCUT2D eigenvalue weighted by atomic mass is 9.83. The number of rotatable bonds is 1. The van der Waals surface area contributed by atoms with E-state index in [4.69, 9.17) is 5.73 Å². The second-order valence-electron chi connectivity index (χ2n) is 5.92. The molecule has 2 saturated heterocycles. The number of carbonyl (C=O) groups excluding carboxylic acids is 1. The van der Waals surface area contributed by atoms with Crippen molar-refractivity contribution in [1.82, 2.24) is 20.2 Å². The summed E-state index contributed by atoms with van der Waals surface area (Å²) in [5.74, 6) is 1.32. The van der Waals surface area contributed by atoms with Crippen LogP contribution in [0.5, 0.6) is 0 Å². The van der Waals surface area contributed by atoms with Crippen LogP contribution < -0.4 is 16.0 Å². The van der Waals surface area contributed by atoms with Crippen molar-refractivity contribution in [2.45, 2.75) is 25.3 Å². The van der Waals surface area contributed by atoms with Gasteiger partial charge in [0.15, 0.2) is 0 Å². The van der Waals surface area contributed by atoms with Crippen molar-refractivity contribution in [3.05, 3.63) is 11.8 Å². The first-order valence-corrected chi connectivity index (χ1v) is 7.37. The fourth-order valence-electron chi connectivity index (χ4n) is 3.34. The number of amides is 1. The lowest BCUT2D eigenvalue weighted by Crippen LogP contribution is -2.66. The number of likely N-dealkylation sites (N-methyl/N-ethyl adjacent to an activating group) is 1. The molecule has 0 radical (unpaired) electrons. The molecular weight excluding hydrogens is 268 g/mol.